The lowest BCUT2D eigenvalue weighted by Gasteiger charge is -2.09. The largest absolute Gasteiger partial charge is 0.466 e. The molecule has 0 radical (unpaired) electrons. The molecule has 0 aliphatic heterocycles. The van der Waals surface area contributed by atoms with Gasteiger partial charge in [0.15, 0.2) is 6.61 Å². The van der Waals surface area contributed by atoms with Crippen LogP contribution in [0.2, 0.25) is 0 Å². The van der Waals surface area contributed by atoms with Crippen molar-refractivity contribution in [2.24, 2.45) is 0 Å². The van der Waals surface area contributed by atoms with Crippen LogP contribution in [0.5, 0.6) is 5.88 Å². The maximum atomic E-state index is 12.0. The number of carbonyl (C=O) groups is 1. The summed E-state index contributed by atoms with van der Waals surface area (Å²) in [6.07, 6.45) is 3.65. The number of hydrogen-bond donors (Lipinski definition) is 1. The molecule has 0 aliphatic carbocycles. The van der Waals surface area contributed by atoms with Crippen LogP contribution in [-0.4, -0.2) is 29.0 Å². The van der Waals surface area contributed by atoms with Gasteiger partial charge in [0.2, 0.25) is 5.88 Å². The fraction of sp³-hybridized carbons (Fsp3) is 0.118. The minimum Gasteiger partial charge on any atom is -0.466 e. The zero-order chi connectivity index (χ0) is 16.1. The molecule has 1 amide bonds. The minimum absolute atomic E-state index is 0.119. The van der Waals surface area contributed by atoms with Gasteiger partial charge in [-0.3, -0.25) is 4.79 Å². The molecular formula is C17H15N3O2S. The Morgan fingerprint density at radius 3 is 2.96 bits per heavy atom. The van der Waals surface area contributed by atoms with Crippen molar-refractivity contribution >= 4 is 34.1 Å². The number of anilines is 1. The second-order valence-electron chi connectivity index (χ2n) is 4.81. The Balaban J connectivity index is 1.66. The van der Waals surface area contributed by atoms with Gasteiger partial charge < -0.3 is 10.1 Å². The summed E-state index contributed by atoms with van der Waals surface area (Å²) in [7, 11) is 0. The third kappa shape index (κ3) is 3.78. The number of nitrogens with one attached hydrogen (secondary N) is 1. The van der Waals surface area contributed by atoms with Crippen molar-refractivity contribution in [3.63, 3.8) is 0 Å². The number of thioether (sulfide) groups is 1. The minimum atomic E-state index is -0.238. The van der Waals surface area contributed by atoms with Crippen LogP contribution in [-0.2, 0) is 4.79 Å². The first-order chi connectivity index (χ1) is 11.3. The molecule has 116 valence electrons. The van der Waals surface area contributed by atoms with E-state index in [1.807, 2.05) is 54.8 Å². The number of fused-ring (bicyclic) bond motifs is 1. The molecule has 2 aromatic carbocycles. The van der Waals surface area contributed by atoms with E-state index in [1.165, 1.54) is 0 Å². The molecule has 0 atom stereocenters. The van der Waals surface area contributed by atoms with E-state index in [9.17, 15) is 4.79 Å². The quantitative estimate of drug-likeness (QED) is 0.729. The van der Waals surface area contributed by atoms with Crippen LogP contribution in [0.4, 0.5) is 5.69 Å². The highest BCUT2D eigenvalue weighted by atomic mass is 32.2. The van der Waals surface area contributed by atoms with Crippen molar-refractivity contribution in [1.82, 2.24) is 10.2 Å². The monoisotopic (exact) mass is 325 g/mol. The van der Waals surface area contributed by atoms with Gasteiger partial charge in [-0.05, 0) is 30.5 Å². The normalized spacial score (nSPS) is 10.5. The highest BCUT2D eigenvalue weighted by Crippen LogP contribution is 2.21. The Hall–Kier alpha value is -2.60. The standard InChI is InChI=1S/C17H15N3O2S/c1-23-14-7-4-6-13(9-14)19-16(21)11-22-17-15-8-3-2-5-12(15)10-18-20-17/h2-10H,11H2,1H3,(H,19,21). The summed E-state index contributed by atoms with van der Waals surface area (Å²) < 4.78 is 5.52. The summed E-state index contributed by atoms with van der Waals surface area (Å²) >= 11 is 1.62. The fourth-order valence-corrected chi connectivity index (χ4v) is 2.60. The average Bonchev–Trinajstić information content (AvgIpc) is 2.60. The van der Waals surface area contributed by atoms with Crippen molar-refractivity contribution in [3.8, 4) is 5.88 Å². The Bertz CT molecular complexity index is 833. The van der Waals surface area contributed by atoms with Crippen molar-refractivity contribution in [3.05, 3.63) is 54.7 Å². The van der Waals surface area contributed by atoms with Gasteiger partial charge in [0.05, 0.1) is 6.20 Å². The average molecular weight is 325 g/mol. The third-order valence-electron chi connectivity index (χ3n) is 3.23. The molecule has 0 unspecified atom stereocenters. The second kappa shape index (κ2) is 7.11. The number of benzene rings is 2. The zero-order valence-corrected chi connectivity index (χ0v) is 13.3. The number of nitrogens with zero attached hydrogens (tertiary/aromatic N) is 2. The molecular weight excluding hydrogens is 310 g/mol. The second-order valence-corrected chi connectivity index (χ2v) is 5.69. The van der Waals surface area contributed by atoms with Crippen molar-refractivity contribution in [2.45, 2.75) is 4.90 Å². The number of amides is 1. The number of hydrogen-bond acceptors (Lipinski definition) is 5. The molecule has 1 aromatic heterocycles. The lowest BCUT2D eigenvalue weighted by molar-refractivity contribution is -0.118. The summed E-state index contributed by atoms with van der Waals surface area (Å²) in [6, 6.07) is 15.3. The predicted molar refractivity (Wildman–Crippen MR) is 91.9 cm³/mol. The molecule has 5 nitrogen and oxygen atoms in total. The highest BCUT2D eigenvalue weighted by Gasteiger charge is 2.08. The number of aromatic nitrogens is 2. The Kier molecular flexibility index (Phi) is 4.73. The van der Waals surface area contributed by atoms with Gasteiger partial charge in [-0.1, -0.05) is 24.3 Å². The van der Waals surface area contributed by atoms with E-state index >= 15 is 0 Å². The van der Waals surface area contributed by atoms with Gasteiger partial charge in [-0.2, -0.15) is 5.10 Å². The third-order valence-corrected chi connectivity index (χ3v) is 3.96. The van der Waals surface area contributed by atoms with Crippen molar-refractivity contribution < 1.29 is 9.53 Å². The first kappa shape index (κ1) is 15.3. The van der Waals surface area contributed by atoms with Gasteiger partial charge >= 0.3 is 0 Å². The van der Waals surface area contributed by atoms with Crippen molar-refractivity contribution in [2.75, 3.05) is 18.2 Å². The number of ether oxygens (including phenoxy) is 1. The SMILES string of the molecule is CSc1cccc(NC(=O)COc2nncc3ccccc23)c1. The topological polar surface area (TPSA) is 64.1 Å². The Morgan fingerprint density at radius 2 is 2.09 bits per heavy atom. The Morgan fingerprint density at radius 1 is 1.22 bits per heavy atom. The van der Waals surface area contributed by atoms with Crippen molar-refractivity contribution in [1.29, 1.82) is 0 Å². The summed E-state index contributed by atoms with van der Waals surface area (Å²) in [5.41, 5.74) is 0.745. The van der Waals surface area contributed by atoms with Crippen LogP contribution >= 0.6 is 11.8 Å². The first-order valence-corrected chi connectivity index (χ1v) is 8.26. The van der Waals surface area contributed by atoms with E-state index in [4.69, 9.17) is 4.74 Å². The predicted octanol–water partition coefficient (Wildman–Crippen LogP) is 3.37. The number of rotatable bonds is 5. The molecule has 0 spiro atoms. The van der Waals surface area contributed by atoms with Crippen LogP contribution in [0.25, 0.3) is 10.8 Å². The summed E-state index contributed by atoms with van der Waals surface area (Å²) in [5.74, 6) is 0.120. The molecule has 1 heterocycles. The van der Waals surface area contributed by atoms with Gasteiger partial charge in [0.25, 0.3) is 5.91 Å². The summed E-state index contributed by atoms with van der Waals surface area (Å²) in [4.78, 5) is 13.1. The van der Waals surface area contributed by atoms with Crippen LogP contribution < -0.4 is 10.1 Å². The van der Waals surface area contributed by atoms with E-state index in [0.717, 1.165) is 21.4 Å². The number of carbonyl (C=O) groups excluding carboxylic acids is 1. The van der Waals surface area contributed by atoms with Gasteiger partial charge in [-0.25, -0.2) is 0 Å². The Labute approximate surface area is 138 Å². The molecule has 1 N–H and O–H groups in total. The van der Waals surface area contributed by atoms with E-state index in [0.29, 0.717) is 5.88 Å². The van der Waals surface area contributed by atoms with Gasteiger partial charge in [0, 0.05) is 21.4 Å². The van der Waals surface area contributed by atoms with Gasteiger partial charge in [-0.15, -0.1) is 16.9 Å². The molecule has 0 saturated heterocycles. The van der Waals surface area contributed by atoms with E-state index in [-0.39, 0.29) is 12.5 Å². The van der Waals surface area contributed by atoms with E-state index < -0.39 is 0 Å². The fourth-order valence-electron chi connectivity index (χ4n) is 2.14. The van der Waals surface area contributed by atoms with Gasteiger partial charge in [0.1, 0.15) is 0 Å². The molecule has 0 bridgehead atoms. The smallest absolute Gasteiger partial charge is 0.262 e. The molecule has 23 heavy (non-hydrogen) atoms. The zero-order valence-electron chi connectivity index (χ0n) is 12.5. The lowest BCUT2D eigenvalue weighted by atomic mass is 10.2. The van der Waals surface area contributed by atoms with E-state index in [1.54, 1.807) is 18.0 Å². The summed E-state index contributed by atoms with van der Waals surface area (Å²) in [5, 5.41) is 12.4. The molecule has 0 fully saturated rings. The maximum absolute atomic E-state index is 12.0. The molecule has 0 saturated carbocycles. The highest BCUT2D eigenvalue weighted by molar-refractivity contribution is 7.98. The lowest BCUT2D eigenvalue weighted by Crippen LogP contribution is -2.20. The molecule has 0 aliphatic rings. The molecule has 3 aromatic rings. The van der Waals surface area contributed by atoms with Crippen LogP contribution in [0.3, 0.4) is 0 Å². The molecule has 6 heteroatoms. The van der Waals surface area contributed by atoms with Crippen LogP contribution in [0, 0.1) is 0 Å². The summed E-state index contributed by atoms with van der Waals surface area (Å²) in [6.45, 7) is -0.119. The first-order valence-electron chi connectivity index (χ1n) is 7.03. The van der Waals surface area contributed by atoms with Crippen LogP contribution in [0.1, 0.15) is 0 Å². The van der Waals surface area contributed by atoms with E-state index in [2.05, 4.69) is 15.5 Å². The molecule has 3 rings (SSSR count). The maximum Gasteiger partial charge on any atom is 0.262 e. The van der Waals surface area contributed by atoms with Crippen LogP contribution in [0.15, 0.2) is 59.6 Å².